The van der Waals surface area contributed by atoms with Crippen LogP contribution in [-0.4, -0.2) is 51.8 Å². The largest absolute Gasteiger partial charge is 0.394 e. The highest BCUT2D eigenvalue weighted by molar-refractivity contribution is 5.28. The number of methoxy groups -OCH3 is 1. The maximum atomic E-state index is 11.9. The lowest BCUT2D eigenvalue weighted by molar-refractivity contribution is -0.0625. The Kier molecular flexibility index (Phi) is 4.59. The summed E-state index contributed by atoms with van der Waals surface area (Å²) in [6.45, 7) is 1.14. The molecular formula is C13H16N2O6. The first-order valence-corrected chi connectivity index (χ1v) is 6.28. The smallest absolute Gasteiger partial charge is 0.330 e. The fourth-order valence-electron chi connectivity index (χ4n) is 2.25. The molecule has 0 saturated carbocycles. The molecule has 0 aliphatic carbocycles. The Bertz CT molecular complexity index is 682. The van der Waals surface area contributed by atoms with Gasteiger partial charge in [-0.25, -0.2) is 4.79 Å². The van der Waals surface area contributed by atoms with Crippen LogP contribution >= 0.6 is 0 Å². The van der Waals surface area contributed by atoms with E-state index in [0.29, 0.717) is 0 Å². The number of nitrogens with zero attached hydrogens (tertiary/aromatic N) is 1. The van der Waals surface area contributed by atoms with E-state index in [1.54, 1.807) is 6.92 Å². The lowest BCUT2D eigenvalue weighted by Gasteiger charge is -2.20. The molecule has 2 rings (SSSR count). The van der Waals surface area contributed by atoms with Crippen LogP contribution in [0.5, 0.6) is 0 Å². The van der Waals surface area contributed by atoms with E-state index >= 15 is 0 Å². The van der Waals surface area contributed by atoms with Gasteiger partial charge in [-0.1, -0.05) is 5.92 Å². The number of aliphatic hydroxyl groups excluding tert-OH is 2. The minimum absolute atomic E-state index is 0.0949. The Morgan fingerprint density at radius 2 is 2.24 bits per heavy atom. The number of rotatable bonds is 3. The van der Waals surface area contributed by atoms with E-state index in [-0.39, 0.29) is 5.56 Å². The highest BCUT2D eigenvalue weighted by atomic mass is 16.6. The molecule has 1 aliphatic rings. The summed E-state index contributed by atoms with van der Waals surface area (Å²) in [6.07, 6.45) is -2.54. The highest BCUT2D eigenvalue weighted by Crippen LogP contribution is 2.30. The second-order valence-corrected chi connectivity index (χ2v) is 4.52. The summed E-state index contributed by atoms with van der Waals surface area (Å²) in [4.78, 5) is 25.7. The van der Waals surface area contributed by atoms with Crippen LogP contribution in [-0.2, 0) is 9.47 Å². The molecule has 1 aromatic heterocycles. The summed E-state index contributed by atoms with van der Waals surface area (Å²) >= 11 is 0. The summed E-state index contributed by atoms with van der Waals surface area (Å²) in [5, 5.41) is 19.1. The van der Waals surface area contributed by atoms with Crippen molar-refractivity contribution in [2.24, 2.45) is 0 Å². The zero-order valence-electron chi connectivity index (χ0n) is 11.6. The van der Waals surface area contributed by atoms with E-state index in [0.717, 1.165) is 4.57 Å². The first-order chi connectivity index (χ1) is 10.0. The number of aromatic nitrogens is 2. The van der Waals surface area contributed by atoms with E-state index in [2.05, 4.69) is 16.8 Å². The average molecular weight is 296 g/mol. The average Bonchev–Trinajstić information content (AvgIpc) is 2.78. The summed E-state index contributed by atoms with van der Waals surface area (Å²) in [7, 11) is 1.35. The van der Waals surface area contributed by atoms with Crippen LogP contribution in [0.25, 0.3) is 0 Å². The molecule has 0 bridgehead atoms. The number of hydrogen-bond donors (Lipinski definition) is 3. The molecule has 114 valence electrons. The maximum Gasteiger partial charge on any atom is 0.330 e. The SMILES string of the molecule is CC#Cc1cn([C@H]2O[C@@H](CO)C(O)C2OC)c(=O)[nH]c1=O. The Hall–Kier alpha value is -1.92. The van der Waals surface area contributed by atoms with Crippen LogP contribution in [0.15, 0.2) is 15.8 Å². The lowest BCUT2D eigenvalue weighted by atomic mass is 10.1. The van der Waals surface area contributed by atoms with Crippen molar-refractivity contribution in [3.8, 4) is 11.8 Å². The maximum absolute atomic E-state index is 11.9. The minimum atomic E-state index is -1.09. The number of hydrogen-bond acceptors (Lipinski definition) is 6. The van der Waals surface area contributed by atoms with Crippen LogP contribution in [0.1, 0.15) is 18.7 Å². The Balaban J connectivity index is 2.50. The van der Waals surface area contributed by atoms with Crippen molar-refractivity contribution in [1.29, 1.82) is 0 Å². The van der Waals surface area contributed by atoms with E-state index < -0.39 is 42.4 Å². The van der Waals surface area contributed by atoms with Crippen molar-refractivity contribution < 1.29 is 19.7 Å². The predicted molar refractivity (Wildman–Crippen MR) is 71.7 cm³/mol. The Morgan fingerprint density at radius 1 is 1.52 bits per heavy atom. The summed E-state index contributed by atoms with van der Waals surface area (Å²) < 4.78 is 11.7. The van der Waals surface area contributed by atoms with Gasteiger partial charge >= 0.3 is 5.69 Å². The molecule has 1 fully saturated rings. The number of H-pyrrole nitrogens is 1. The third kappa shape index (κ3) is 2.77. The van der Waals surface area contributed by atoms with Gasteiger partial charge in [0.2, 0.25) is 0 Å². The molecule has 21 heavy (non-hydrogen) atoms. The van der Waals surface area contributed by atoms with Gasteiger partial charge in [0.25, 0.3) is 5.56 Å². The van der Waals surface area contributed by atoms with Crippen LogP contribution in [0.3, 0.4) is 0 Å². The van der Waals surface area contributed by atoms with Gasteiger partial charge in [0.15, 0.2) is 6.23 Å². The summed E-state index contributed by atoms with van der Waals surface area (Å²) in [5.74, 6) is 5.14. The van der Waals surface area contributed by atoms with Crippen molar-refractivity contribution in [1.82, 2.24) is 9.55 Å². The van der Waals surface area contributed by atoms with E-state index in [4.69, 9.17) is 14.6 Å². The molecule has 3 N–H and O–H groups in total. The molecule has 1 saturated heterocycles. The van der Waals surface area contributed by atoms with Crippen LogP contribution in [0, 0.1) is 11.8 Å². The molecular weight excluding hydrogens is 280 g/mol. The van der Waals surface area contributed by atoms with Crippen molar-refractivity contribution in [3.05, 3.63) is 32.6 Å². The molecule has 0 radical (unpaired) electrons. The van der Waals surface area contributed by atoms with Crippen LogP contribution in [0.2, 0.25) is 0 Å². The molecule has 2 unspecified atom stereocenters. The third-order valence-electron chi connectivity index (χ3n) is 3.27. The first-order valence-electron chi connectivity index (χ1n) is 6.28. The second kappa shape index (κ2) is 6.24. The molecule has 8 heteroatoms. The first kappa shape index (κ1) is 15.5. The molecule has 8 nitrogen and oxygen atoms in total. The van der Waals surface area contributed by atoms with Gasteiger partial charge in [0.05, 0.1) is 6.61 Å². The Morgan fingerprint density at radius 3 is 2.81 bits per heavy atom. The molecule has 4 atom stereocenters. The van der Waals surface area contributed by atoms with E-state index in [1.165, 1.54) is 13.3 Å². The van der Waals surface area contributed by atoms with Crippen molar-refractivity contribution in [2.45, 2.75) is 31.5 Å². The number of aromatic amines is 1. The van der Waals surface area contributed by atoms with Crippen LogP contribution in [0.4, 0.5) is 0 Å². The van der Waals surface area contributed by atoms with Crippen molar-refractivity contribution >= 4 is 0 Å². The third-order valence-corrected chi connectivity index (χ3v) is 3.27. The number of nitrogens with one attached hydrogen (secondary N) is 1. The summed E-state index contributed by atoms with van der Waals surface area (Å²) in [5.41, 5.74) is -1.21. The van der Waals surface area contributed by atoms with Gasteiger partial charge in [-0.05, 0) is 6.92 Å². The van der Waals surface area contributed by atoms with Gasteiger partial charge in [0, 0.05) is 13.3 Å². The molecule has 1 aliphatic heterocycles. The molecule has 0 amide bonds. The molecule has 1 aromatic rings. The topological polar surface area (TPSA) is 114 Å². The lowest BCUT2D eigenvalue weighted by Crippen LogP contribution is -2.39. The van der Waals surface area contributed by atoms with E-state index in [1.807, 2.05) is 0 Å². The van der Waals surface area contributed by atoms with Gasteiger partial charge in [-0.15, -0.1) is 5.92 Å². The van der Waals surface area contributed by atoms with Crippen LogP contribution < -0.4 is 11.2 Å². The monoisotopic (exact) mass is 296 g/mol. The van der Waals surface area contributed by atoms with Crippen molar-refractivity contribution in [3.63, 3.8) is 0 Å². The van der Waals surface area contributed by atoms with Crippen molar-refractivity contribution in [2.75, 3.05) is 13.7 Å². The quantitative estimate of drug-likeness (QED) is 0.566. The number of aliphatic hydroxyl groups is 2. The summed E-state index contributed by atoms with van der Waals surface area (Å²) in [6, 6.07) is 0. The Labute approximate surface area is 119 Å². The highest BCUT2D eigenvalue weighted by Gasteiger charge is 2.45. The standard InChI is InChI=1S/C13H16N2O6/c1-3-4-7-5-15(13(19)14-11(7)18)12-10(20-2)9(17)8(6-16)21-12/h5,8-10,12,16-17H,6H2,1-2H3,(H,14,18,19)/t8-,9?,10?,12-/m0/s1. The second-order valence-electron chi connectivity index (χ2n) is 4.52. The molecule has 0 aromatic carbocycles. The zero-order valence-corrected chi connectivity index (χ0v) is 11.6. The predicted octanol–water partition coefficient (Wildman–Crippen LogP) is -1.83. The van der Waals surface area contributed by atoms with E-state index in [9.17, 15) is 14.7 Å². The number of ether oxygens (including phenoxy) is 2. The molecule has 2 heterocycles. The fraction of sp³-hybridized carbons (Fsp3) is 0.538. The normalized spacial score (nSPS) is 28.2. The van der Waals surface area contributed by atoms with Gasteiger partial charge in [-0.3, -0.25) is 14.3 Å². The minimum Gasteiger partial charge on any atom is -0.394 e. The zero-order chi connectivity index (χ0) is 15.6. The van der Waals surface area contributed by atoms with Gasteiger partial charge in [0.1, 0.15) is 23.9 Å². The van der Waals surface area contributed by atoms with Gasteiger partial charge < -0.3 is 19.7 Å². The fourth-order valence-corrected chi connectivity index (χ4v) is 2.25. The molecule has 0 spiro atoms. The van der Waals surface area contributed by atoms with Gasteiger partial charge in [-0.2, -0.15) is 0 Å².